The lowest BCUT2D eigenvalue weighted by Gasteiger charge is -2.34. The van der Waals surface area contributed by atoms with Gasteiger partial charge in [-0.2, -0.15) is 0 Å². The summed E-state index contributed by atoms with van der Waals surface area (Å²) in [6.45, 7) is 5.96. The highest BCUT2D eigenvalue weighted by Gasteiger charge is 2.52. The van der Waals surface area contributed by atoms with Gasteiger partial charge in [0.25, 0.3) is 5.91 Å². The third-order valence-corrected chi connectivity index (χ3v) is 5.21. The summed E-state index contributed by atoms with van der Waals surface area (Å²) in [6.07, 6.45) is 6.24. The molecule has 2 aliphatic rings. The summed E-state index contributed by atoms with van der Waals surface area (Å²) in [5.41, 5.74) is -0.766. The summed E-state index contributed by atoms with van der Waals surface area (Å²) in [5.74, 6) is 0.140. The van der Waals surface area contributed by atoms with Gasteiger partial charge in [-0.05, 0) is 44.9 Å². The zero-order valence-corrected chi connectivity index (χ0v) is 14.5. The standard InChI is InChI=1S/C17H29N3O3/c1-4-6-12(3)18-14(21)11-20-15(22)17(19-16(20)23)9-7-13(5-2)8-10-17/h12-13H,4-11H2,1-3H3,(H,18,21)(H,19,23)/t12-,13?,17?/m1/s1. The molecule has 4 amide bonds. The first kappa shape index (κ1) is 17.8. The van der Waals surface area contributed by atoms with Crippen LogP contribution in [-0.2, 0) is 9.59 Å². The number of nitrogens with one attached hydrogen (secondary N) is 2. The number of nitrogens with zero attached hydrogens (tertiary/aromatic N) is 1. The van der Waals surface area contributed by atoms with Crippen molar-refractivity contribution in [3.05, 3.63) is 0 Å². The molecule has 23 heavy (non-hydrogen) atoms. The van der Waals surface area contributed by atoms with Crippen LogP contribution in [0.1, 0.15) is 65.7 Å². The monoisotopic (exact) mass is 323 g/mol. The number of carbonyl (C=O) groups excluding carboxylic acids is 3. The predicted molar refractivity (Wildman–Crippen MR) is 87.7 cm³/mol. The number of imide groups is 1. The predicted octanol–water partition coefficient (Wildman–Crippen LogP) is 2.18. The number of hydrogen-bond acceptors (Lipinski definition) is 3. The summed E-state index contributed by atoms with van der Waals surface area (Å²) in [4.78, 5) is 38.0. The van der Waals surface area contributed by atoms with Crippen molar-refractivity contribution in [2.45, 2.75) is 77.3 Å². The Balaban J connectivity index is 1.95. The summed E-state index contributed by atoms with van der Waals surface area (Å²) >= 11 is 0. The first-order chi connectivity index (χ1) is 10.9. The average Bonchev–Trinajstić information content (AvgIpc) is 2.73. The van der Waals surface area contributed by atoms with E-state index in [1.54, 1.807) is 0 Å². The molecule has 1 atom stereocenters. The average molecular weight is 323 g/mol. The van der Waals surface area contributed by atoms with Gasteiger partial charge < -0.3 is 10.6 Å². The Labute approximate surface area is 138 Å². The second kappa shape index (κ2) is 7.32. The van der Waals surface area contributed by atoms with Crippen molar-refractivity contribution in [1.29, 1.82) is 0 Å². The Bertz CT molecular complexity index is 470. The molecule has 2 fully saturated rings. The maximum absolute atomic E-state index is 12.7. The van der Waals surface area contributed by atoms with E-state index in [-0.39, 0.29) is 24.4 Å². The van der Waals surface area contributed by atoms with Gasteiger partial charge in [0.05, 0.1) is 0 Å². The molecule has 2 N–H and O–H groups in total. The number of rotatable bonds is 6. The van der Waals surface area contributed by atoms with E-state index >= 15 is 0 Å². The molecule has 0 aromatic heterocycles. The van der Waals surface area contributed by atoms with Crippen molar-refractivity contribution < 1.29 is 14.4 Å². The van der Waals surface area contributed by atoms with Gasteiger partial charge in [-0.3, -0.25) is 14.5 Å². The van der Waals surface area contributed by atoms with E-state index in [4.69, 9.17) is 0 Å². The fourth-order valence-electron chi connectivity index (χ4n) is 3.71. The van der Waals surface area contributed by atoms with Crippen LogP contribution in [-0.4, -0.2) is 40.9 Å². The van der Waals surface area contributed by atoms with Gasteiger partial charge in [0.1, 0.15) is 12.1 Å². The molecule has 0 unspecified atom stereocenters. The van der Waals surface area contributed by atoms with Gasteiger partial charge in [-0.1, -0.05) is 26.7 Å². The minimum absolute atomic E-state index is 0.0576. The third kappa shape index (κ3) is 3.85. The minimum atomic E-state index is -0.766. The zero-order chi connectivity index (χ0) is 17.0. The molecule has 1 aliphatic heterocycles. The summed E-state index contributed by atoms with van der Waals surface area (Å²) in [7, 11) is 0. The lowest BCUT2D eigenvalue weighted by Crippen LogP contribution is -2.50. The normalized spacial score (nSPS) is 28.8. The second-order valence-electron chi connectivity index (χ2n) is 7.01. The van der Waals surface area contributed by atoms with E-state index in [9.17, 15) is 14.4 Å². The van der Waals surface area contributed by atoms with Gasteiger partial charge in [0, 0.05) is 6.04 Å². The highest BCUT2D eigenvalue weighted by Crippen LogP contribution is 2.37. The van der Waals surface area contributed by atoms with Crippen LogP contribution in [0, 0.1) is 5.92 Å². The van der Waals surface area contributed by atoms with Gasteiger partial charge in [-0.25, -0.2) is 4.79 Å². The molecule has 1 spiro atoms. The highest BCUT2D eigenvalue weighted by molar-refractivity contribution is 6.09. The van der Waals surface area contributed by atoms with Crippen LogP contribution in [0.2, 0.25) is 0 Å². The summed E-state index contributed by atoms with van der Waals surface area (Å²) < 4.78 is 0. The Morgan fingerprint density at radius 2 is 2.00 bits per heavy atom. The van der Waals surface area contributed by atoms with E-state index in [0.717, 1.165) is 37.0 Å². The van der Waals surface area contributed by atoms with Gasteiger partial charge >= 0.3 is 6.03 Å². The van der Waals surface area contributed by atoms with E-state index in [2.05, 4.69) is 24.5 Å². The lowest BCUT2D eigenvalue weighted by atomic mass is 9.75. The lowest BCUT2D eigenvalue weighted by molar-refractivity contribution is -0.136. The molecule has 1 saturated heterocycles. The Morgan fingerprint density at radius 3 is 2.57 bits per heavy atom. The van der Waals surface area contributed by atoms with E-state index in [1.165, 1.54) is 0 Å². The largest absolute Gasteiger partial charge is 0.352 e. The molecule has 0 aromatic rings. The molecule has 2 rings (SSSR count). The van der Waals surface area contributed by atoms with Gasteiger partial charge in [0.15, 0.2) is 0 Å². The topological polar surface area (TPSA) is 78.5 Å². The van der Waals surface area contributed by atoms with Crippen LogP contribution in [0.25, 0.3) is 0 Å². The Hall–Kier alpha value is -1.59. The number of amides is 4. The van der Waals surface area contributed by atoms with Crippen molar-refractivity contribution >= 4 is 17.8 Å². The molecule has 0 aromatic carbocycles. The molecule has 6 nitrogen and oxygen atoms in total. The number of carbonyl (C=O) groups is 3. The Kier molecular flexibility index (Phi) is 5.65. The second-order valence-corrected chi connectivity index (χ2v) is 7.01. The van der Waals surface area contributed by atoms with Crippen LogP contribution >= 0.6 is 0 Å². The fourth-order valence-corrected chi connectivity index (χ4v) is 3.71. The molecule has 1 saturated carbocycles. The van der Waals surface area contributed by atoms with Crippen molar-refractivity contribution in [3.8, 4) is 0 Å². The van der Waals surface area contributed by atoms with E-state index in [1.807, 2.05) is 6.92 Å². The molecule has 6 heteroatoms. The van der Waals surface area contributed by atoms with Crippen LogP contribution in [0.4, 0.5) is 4.79 Å². The van der Waals surface area contributed by atoms with Crippen molar-refractivity contribution in [3.63, 3.8) is 0 Å². The molecule has 0 radical (unpaired) electrons. The van der Waals surface area contributed by atoms with Crippen LogP contribution in [0.15, 0.2) is 0 Å². The Morgan fingerprint density at radius 1 is 1.35 bits per heavy atom. The third-order valence-electron chi connectivity index (χ3n) is 5.21. The smallest absolute Gasteiger partial charge is 0.325 e. The number of hydrogen-bond donors (Lipinski definition) is 2. The highest BCUT2D eigenvalue weighted by atomic mass is 16.2. The van der Waals surface area contributed by atoms with E-state index in [0.29, 0.717) is 18.8 Å². The fraction of sp³-hybridized carbons (Fsp3) is 0.824. The first-order valence-corrected chi connectivity index (χ1v) is 8.85. The van der Waals surface area contributed by atoms with Gasteiger partial charge in [0.2, 0.25) is 5.91 Å². The van der Waals surface area contributed by atoms with Crippen LogP contribution < -0.4 is 10.6 Å². The molecular weight excluding hydrogens is 294 g/mol. The van der Waals surface area contributed by atoms with Crippen molar-refractivity contribution in [2.24, 2.45) is 5.92 Å². The van der Waals surface area contributed by atoms with Crippen molar-refractivity contribution in [2.75, 3.05) is 6.54 Å². The maximum Gasteiger partial charge on any atom is 0.325 e. The molecule has 1 aliphatic carbocycles. The van der Waals surface area contributed by atoms with Crippen LogP contribution in [0.5, 0.6) is 0 Å². The molecular formula is C17H29N3O3. The van der Waals surface area contributed by atoms with Gasteiger partial charge in [-0.15, -0.1) is 0 Å². The summed E-state index contributed by atoms with van der Waals surface area (Å²) in [5, 5.41) is 5.70. The quantitative estimate of drug-likeness (QED) is 0.735. The minimum Gasteiger partial charge on any atom is -0.352 e. The molecule has 0 bridgehead atoms. The van der Waals surface area contributed by atoms with Crippen molar-refractivity contribution in [1.82, 2.24) is 15.5 Å². The first-order valence-electron chi connectivity index (χ1n) is 8.85. The molecule has 130 valence electrons. The maximum atomic E-state index is 12.7. The molecule has 1 heterocycles. The van der Waals surface area contributed by atoms with Crippen LogP contribution in [0.3, 0.4) is 0 Å². The van der Waals surface area contributed by atoms with E-state index < -0.39 is 11.6 Å². The summed E-state index contributed by atoms with van der Waals surface area (Å²) in [6, 6.07) is -0.370. The SMILES string of the molecule is CCC[C@@H](C)NC(=O)CN1C(=O)NC2(CCC(CC)CC2)C1=O. The number of urea groups is 1. The zero-order valence-electron chi connectivity index (χ0n) is 14.5.